The number of nitrogen functional groups attached to an aromatic ring is 1. The zero-order valence-electron chi connectivity index (χ0n) is 22.1. The maximum absolute atomic E-state index is 13.3. The molecule has 2 aromatic carbocycles. The van der Waals surface area contributed by atoms with Crippen molar-refractivity contribution in [3.63, 3.8) is 0 Å². The molecular weight excluding hydrogens is 534 g/mol. The van der Waals surface area contributed by atoms with Gasteiger partial charge in [0, 0.05) is 23.7 Å². The average Bonchev–Trinajstić information content (AvgIpc) is 2.93. The molecule has 0 spiro atoms. The number of halogens is 2. The fourth-order valence-corrected chi connectivity index (χ4v) is 3.75. The highest BCUT2D eigenvalue weighted by molar-refractivity contribution is 8.12. The van der Waals surface area contributed by atoms with Crippen LogP contribution in [0.15, 0.2) is 95.2 Å². The first kappa shape index (κ1) is 30.1. The molecule has 208 valence electrons. The molecule has 0 bridgehead atoms. The molecule has 0 saturated carbocycles. The van der Waals surface area contributed by atoms with Crippen molar-refractivity contribution in [1.82, 2.24) is 14.5 Å². The fraction of sp³-hybridized carbons (Fsp3) is 0.138. The predicted molar refractivity (Wildman–Crippen MR) is 161 cm³/mol. The minimum absolute atomic E-state index is 0.00619. The van der Waals surface area contributed by atoms with Gasteiger partial charge >= 0.3 is 0 Å². The normalized spacial score (nSPS) is 13.0. The van der Waals surface area contributed by atoms with Crippen LogP contribution in [0.3, 0.4) is 0 Å². The van der Waals surface area contributed by atoms with Crippen molar-refractivity contribution in [2.75, 3.05) is 12.8 Å². The lowest BCUT2D eigenvalue weighted by Gasteiger charge is -2.12. The Kier molecular flexibility index (Phi) is 10.6. The number of allylic oxidation sites excluding steroid dienone is 1. The summed E-state index contributed by atoms with van der Waals surface area (Å²) in [6.07, 6.45) is 5.26. The Morgan fingerprint density at radius 2 is 1.90 bits per heavy atom. The summed E-state index contributed by atoms with van der Waals surface area (Å²) in [4.78, 5) is 26.2. The molecule has 11 heteroatoms. The quantitative estimate of drug-likeness (QED) is 0.178. The molecule has 40 heavy (non-hydrogen) atoms. The number of aromatic nitrogens is 3. The molecular formula is C29H30F2N6O2S. The van der Waals surface area contributed by atoms with Gasteiger partial charge in [0.05, 0.1) is 30.3 Å². The first-order chi connectivity index (χ1) is 19.1. The smallest absolute Gasteiger partial charge is 0.263 e. The van der Waals surface area contributed by atoms with E-state index >= 15 is 0 Å². The summed E-state index contributed by atoms with van der Waals surface area (Å²) in [5.74, 6) is 3.23. The molecule has 8 nitrogen and oxygen atoms in total. The Labute approximate surface area is 233 Å². The van der Waals surface area contributed by atoms with Crippen molar-refractivity contribution in [1.29, 1.82) is 0 Å². The lowest BCUT2D eigenvalue weighted by atomic mass is 10.0. The summed E-state index contributed by atoms with van der Waals surface area (Å²) < 4.78 is 30.3. The van der Waals surface area contributed by atoms with E-state index in [-0.39, 0.29) is 29.2 Å². The molecule has 4 N–H and O–H groups in total. The number of hydrogen-bond donors (Lipinski definition) is 2. The molecule has 0 aliphatic carbocycles. The third-order valence-corrected chi connectivity index (χ3v) is 6.72. The number of benzene rings is 2. The summed E-state index contributed by atoms with van der Waals surface area (Å²) in [5, 5.41) is 6.40. The summed E-state index contributed by atoms with van der Waals surface area (Å²) in [5.41, 5.74) is 8.58. The number of anilines is 1. The molecule has 2 atom stereocenters. The third-order valence-electron chi connectivity index (χ3n) is 5.62. The minimum Gasteiger partial charge on any atom is -0.481 e. The van der Waals surface area contributed by atoms with E-state index in [0.29, 0.717) is 16.6 Å². The first-order valence-electron chi connectivity index (χ1n) is 12.0. The maximum Gasteiger partial charge on any atom is 0.263 e. The van der Waals surface area contributed by atoms with E-state index in [2.05, 4.69) is 27.4 Å². The zero-order valence-corrected chi connectivity index (χ0v) is 22.9. The van der Waals surface area contributed by atoms with Crippen molar-refractivity contribution >= 4 is 45.2 Å². The van der Waals surface area contributed by atoms with Crippen molar-refractivity contribution in [2.24, 2.45) is 10.1 Å². The van der Waals surface area contributed by atoms with Gasteiger partial charge in [-0.15, -0.1) is 10.7 Å². The lowest BCUT2D eigenvalue weighted by molar-refractivity contribution is 0.291. The summed E-state index contributed by atoms with van der Waals surface area (Å²) in [6, 6.07) is 15.4. The molecule has 0 aliphatic heterocycles. The van der Waals surface area contributed by atoms with E-state index < -0.39 is 22.3 Å². The van der Waals surface area contributed by atoms with Crippen LogP contribution in [0.1, 0.15) is 18.2 Å². The van der Waals surface area contributed by atoms with Crippen LogP contribution < -0.4 is 16.4 Å². The number of rotatable bonds is 8. The lowest BCUT2D eigenvalue weighted by Crippen LogP contribution is -2.25. The maximum atomic E-state index is 13.3. The van der Waals surface area contributed by atoms with Gasteiger partial charge in [-0.1, -0.05) is 30.1 Å². The Morgan fingerprint density at radius 3 is 2.48 bits per heavy atom. The standard InChI is InChI=1S/C23H26N6O2S.C6H4F2/c1-15(32(4)25)11-18(13-27-16(2)31-3)17-8-9-21-20(12-17)22(30)29(23(24)28-21)14-19-7-5-6-10-26-19;7-5-2-1-3-6(8)4-5/h5-13,15H,2,4,14,25H2,1,3H3,(H2,24,28);1-4H/b18-11+,27-13-;. The van der Waals surface area contributed by atoms with Gasteiger partial charge < -0.3 is 10.5 Å². The Balaban J connectivity index is 0.000000472. The number of hydrogen-bond acceptors (Lipinski definition) is 7. The van der Waals surface area contributed by atoms with E-state index in [9.17, 15) is 13.6 Å². The molecule has 0 aliphatic rings. The van der Waals surface area contributed by atoms with Gasteiger partial charge in [0.15, 0.2) is 0 Å². The van der Waals surface area contributed by atoms with Gasteiger partial charge in [-0.2, -0.15) is 0 Å². The van der Waals surface area contributed by atoms with Gasteiger partial charge in [0.2, 0.25) is 11.8 Å². The number of nitrogens with two attached hydrogens (primary N) is 2. The van der Waals surface area contributed by atoms with Gasteiger partial charge in [-0.05, 0) is 61.0 Å². The van der Waals surface area contributed by atoms with Crippen LogP contribution >= 0.6 is 10.7 Å². The number of pyridine rings is 1. The van der Waals surface area contributed by atoms with Crippen molar-refractivity contribution in [3.05, 3.63) is 119 Å². The average molecular weight is 565 g/mol. The summed E-state index contributed by atoms with van der Waals surface area (Å²) in [7, 11) is 0.920. The number of ether oxygens (including phenoxy) is 1. The molecule has 0 amide bonds. The Hall–Kier alpha value is -4.48. The van der Waals surface area contributed by atoms with Gasteiger partial charge in [-0.25, -0.2) is 18.8 Å². The van der Waals surface area contributed by atoms with Gasteiger partial charge in [0.25, 0.3) is 5.56 Å². The van der Waals surface area contributed by atoms with Crippen molar-refractivity contribution in [2.45, 2.75) is 18.7 Å². The van der Waals surface area contributed by atoms with Crippen LogP contribution in [-0.2, 0) is 11.3 Å². The monoisotopic (exact) mass is 564 g/mol. The van der Waals surface area contributed by atoms with E-state index in [4.69, 9.17) is 15.6 Å². The number of aliphatic imine (C=N–C) groups is 1. The highest BCUT2D eigenvalue weighted by atomic mass is 32.2. The topological polar surface area (TPSA) is 121 Å². The molecule has 0 fully saturated rings. The zero-order chi connectivity index (χ0) is 29.2. The van der Waals surface area contributed by atoms with Crippen molar-refractivity contribution in [3.8, 4) is 0 Å². The second-order valence-electron chi connectivity index (χ2n) is 8.51. The van der Waals surface area contributed by atoms with Crippen LogP contribution in [-0.4, -0.2) is 39.0 Å². The van der Waals surface area contributed by atoms with E-state index in [1.54, 1.807) is 24.5 Å². The second kappa shape index (κ2) is 14.1. The minimum atomic E-state index is -0.575. The molecule has 2 heterocycles. The molecule has 4 rings (SSSR count). The number of methoxy groups -OCH3 is 1. The van der Waals surface area contributed by atoms with E-state index in [1.807, 2.05) is 37.3 Å². The Bertz CT molecular complexity index is 1620. The predicted octanol–water partition coefficient (Wildman–Crippen LogP) is 4.92. The van der Waals surface area contributed by atoms with E-state index in [0.717, 1.165) is 17.2 Å². The number of fused-ring (bicyclic) bond motifs is 1. The summed E-state index contributed by atoms with van der Waals surface area (Å²) >= 11 is 0. The van der Waals surface area contributed by atoms with Crippen LogP contribution in [0, 0.1) is 11.6 Å². The number of nitrogens with zero attached hydrogens (tertiary/aromatic N) is 4. The molecule has 0 radical (unpaired) electrons. The molecule has 0 saturated heterocycles. The summed E-state index contributed by atoms with van der Waals surface area (Å²) in [6.45, 7) is 5.91. The van der Waals surface area contributed by atoms with Gasteiger partial charge in [0.1, 0.15) is 11.6 Å². The largest absolute Gasteiger partial charge is 0.481 e. The fourth-order valence-electron chi connectivity index (χ4n) is 3.43. The van der Waals surface area contributed by atoms with Crippen LogP contribution in [0.2, 0.25) is 0 Å². The first-order valence-corrected chi connectivity index (χ1v) is 13.5. The van der Waals surface area contributed by atoms with Crippen molar-refractivity contribution < 1.29 is 13.5 Å². The second-order valence-corrected chi connectivity index (χ2v) is 10.2. The molecule has 4 aromatic rings. The molecule has 2 aromatic heterocycles. The van der Waals surface area contributed by atoms with Crippen LogP contribution in [0.25, 0.3) is 16.5 Å². The SMILES string of the molecule is C=C(/N=C\C(=C/C(C)S(=C)N)c1ccc2nc(N)n(Cc3ccccn3)c(=O)c2c1)OC.Fc1cccc(F)c1. The highest BCUT2D eigenvalue weighted by Crippen LogP contribution is 2.22. The van der Waals surface area contributed by atoms with E-state index in [1.165, 1.54) is 29.9 Å². The molecule has 2 unspecified atom stereocenters. The third kappa shape index (κ3) is 8.26. The van der Waals surface area contributed by atoms with Gasteiger partial charge in [-0.3, -0.25) is 19.5 Å². The Morgan fingerprint density at radius 1 is 1.18 bits per heavy atom. The van der Waals surface area contributed by atoms with Crippen LogP contribution in [0.4, 0.5) is 14.7 Å². The van der Waals surface area contributed by atoms with Crippen LogP contribution in [0.5, 0.6) is 0 Å². The highest BCUT2D eigenvalue weighted by Gasteiger charge is 2.12.